The minimum Gasteiger partial charge on any atom is -0.491 e. The molecule has 0 spiro atoms. The number of rotatable bonds is 8. The van der Waals surface area contributed by atoms with Crippen LogP contribution in [0.4, 0.5) is 4.39 Å². The summed E-state index contributed by atoms with van der Waals surface area (Å²) in [6.07, 6.45) is 3.20. The predicted octanol–water partition coefficient (Wildman–Crippen LogP) is 5.95. The molecular weight excluding hydrogens is 389 g/mol. The maximum atomic E-state index is 13.1. The fourth-order valence-electron chi connectivity index (χ4n) is 3.34. The van der Waals surface area contributed by atoms with Gasteiger partial charge in [-0.2, -0.15) is 0 Å². The van der Waals surface area contributed by atoms with E-state index in [0.29, 0.717) is 17.9 Å². The van der Waals surface area contributed by atoms with Gasteiger partial charge in [0.1, 0.15) is 18.2 Å². The van der Waals surface area contributed by atoms with E-state index < -0.39 is 0 Å². The molecule has 31 heavy (non-hydrogen) atoms. The van der Waals surface area contributed by atoms with E-state index in [-0.39, 0.29) is 11.6 Å². The van der Waals surface area contributed by atoms with Gasteiger partial charge in [0.15, 0.2) is 5.78 Å². The second-order valence-electron chi connectivity index (χ2n) is 7.99. The average Bonchev–Trinajstić information content (AvgIpc) is 2.72. The molecule has 160 valence electrons. The van der Waals surface area contributed by atoms with Crippen LogP contribution in [0.25, 0.3) is 17.2 Å². The standard InChI is InChI=1S/C27H28FNO2/c1-19-15-20(2)17-23(16-19)22-8-12-27(31-14-13-29(3)4)25(18-22)26(30)11-7-21-5-9-24(28)10-6-21/h5-12,15-18H,13-14H2,1-4H3. The third-order valence-corrected chi connectivity index (χ3v) is 4.89. The summed E-state index contributed by atoms with van der Waals surface area (Å²) in [4.78, 5) is 15.1. The van der Waals surface area contributed by atoms with E-state index in [0.717, 1.165) is 23.2 Å². The Morgan fingerprint density at radius 3 is 2.26 bits per heavy atom. The van der Waals surface area contributed by atoms with Gasteiger partial charge in [0.2, 0.25) is 0 Å². The first-order chi connectivity index (χ1) is 14.8. The van der Waals surface area contributed by atoms with Gasteiger partial charge in [0.25, 0.3) is 0 Å². The van der Waals surface area contributed by atoms with Gasteiger partial charge in [-0.15, -0.1) is 0 Å². The number of likely N-dealkylation sites (N-methyl/N-ethyl adjacent to an activating group) is 1. The lowest BCUT2D eigenvalue weighted by atomic mass is 9.97. The number of ether oxygens (including phenoxy) is 1. The Labute approximate surface area is 183 Å². The summed E-state index contributed by atoms with van der Waals surface area (Å²) in [5.74, 6) is 0.0975. The second kappa shape index (κ2) is 10.2. The third-order valence-electron chi connectivity index (χ3n) is 4.89. The van der Waals surface area contributed by atoms with Crippen LogP contribution in [0.2, 0.25) is 0 Å². The Hall–Kier alpha value is -3.24. The maximum Gasteiger partial charge on any atom is 0.189 e. The van der Waals surface area contributed by atoms with Crippen LogP contribution in [-0.2, 0) is 0 Å². The fraction of sp³-hybridized carbons (Fsp3) is 0.222. The lowest BCUT2D eigenvalue weighted by Crippen LogP contribution is -2.20. The van der Waals surface area contributed by atoms with E-state index in [2.05, 4.69) is 32.0 Å². The second-order valence-corrected chi connectivity index (χ2v) is 7.99. The molecule has 0 aromatic heterocycles. The van der Waals surface area contributed by atoms with Crippen molar-refractivity contribution in [3.63, 3.8) is 0 Å². The molecule has 0 saturated carbocycles. The van der Waals surface area contributed by atoms with E-state index in [1.807, 2.05) is 37.2 Å². The molecule has 3 aromatic rings. The topological polar surface area (TPSA) is 29.5 Å². The van der Waals surface area contributed by atoms with Crippen LogP contribution in [0.15, 0.2) is 66.7 Å². The van der Waals surface area contributed by atoms with Gasteiger partial charge < -0.3 is 9.64 Å². The molecule has 0 saturated heterocycles. The molecule has 0 aliphatic carbocycles. The number of nitrogens with zero attached hydrogens (tertiary/aromatic N) is 1. The molecular formula is C27H28FNO2. The lowest BCUT2D eigenvalue weighted by Gasteiger charge is -2.14. The van der Waals surface area contributed by atoms with Crippen molar-refractivity contribution in [3.05, 3.63) is 94.8 Å². The van der Waals surface area contributed by atoms with Crippen LogP contribution in [-0.4, -0.2) is 37.9 Å². The van der Waals surface area contributed by atoms with Gasteiger partial charge in [0, 0.05) is 6.54 Å². The molecule has 3 aromatic carbocycles. The summed E-state index contributed by atoms with van der Waals surface area (Å²) in [7, 11) is 3.95. The minimum absolute atomic E-state index is 0.157. The number of hydrogen-bond acceptors (Lipinski definition) is 3. The number of ketones is 1. The normalized spacial score (nSPS) is 11.3. The van der Waals surface area contributed by atoms with Gasteiger partial charge in [0.05, 0.1) is 5.56 Å². The Balaban J connectivity index is 1.94. The highest BCUT2D eigenvalue weighted by molar-refractivity contribution is 6.09. The van der Waals surface area contributed by atoms with Crippen LogP contribution in [0.3, 0.4) is 0 Å². The van der Waals surface area contributed by atoms with E-state index in [1.54, 1.807) is 18.2 Å². The molecule has 0 unspecified atom stereocenters. The maximum absolute atomic E-state index is 13.1. The van der Waals surface area contributed by atoms with Crippen molar-refractivity contribution in [2.45, 2.75) is 13.8 Å². The third kappa shape index (κ3) is 6.37. The monoisotopic (exact) mass is 417 g/mol. The van der Waals surface area contributed by atoms with Crippen LogP contribution in [0.1, 0.15) is 27.0 Å². The number of carbonyl (C=O) groups is 1. The minimum atomic E-state index is -0.304. The first kappa shape index (κ1) is 22.4. The largest absolute Gasteiger partial charge is 0.491 e. The molecule has 0 bridgehead atoms. The Kier molecular flexibility index (Phi) is 7.37. The summed E-state index contributed by atoms with van der Waals surface area (Å²) in [6.45, 7) is 5.36. The Bertz CT molecular complexity index is 1060. The summed E-state index contributed by atoms with van der Waals surface area (Å²) in [6, 6.07) is 18.1. The number of halogens is 1. The van der Waals surface area contributed by atoms with Crippen LogP contribution in [0.5, 0.6) is 5.75 Å². The van der Waals surface area contributed by atoms with Gasteiger partial charge in [-0.25, -0.2) is 4.39 Å². The molecule has 0 N–H and O–H groups in total. The van der Waals surface area contributed by atoms with Crippen molar-refractivity contribution >= 4 is 11.9 Å². The molecule has 0 heterocycles. The van der Waals surface area contributed by atoms with E-state index in [4.69, 9.17) is 4.74 Å². The number of aryl methyl sites for hydroxylation is 2. The van der Waals surface area contributed by atoms with Gasteiger partial charge in [-0.05, 0) is 75.0 Å². The summed E-state index contributed by atoms with van der Waals surface area (Å²) >= 11 is 0. The highest BCUT2D eigenvalue weighted by Gasteiger charge is 2.13. The zero-order valence-electron chi connectivity index (χ0n) is 18.5. The highest BCUT2D eigenvalue weighted by Crippen LogP contribution is 2.29. The van der Waals surface area contributed by atoms with Crippen LogP contribution >= 0.6 is 0 Å². The molecule has 0 aliphatic rings. The smallest absolute Gasteiger partial charge is 0.189 e. The van der Waals surface area contributed by atoms with Gasteiger partial charge >= 0.3 is 0 Å². The van der Waals surface area contributed by atoms with E-state index in [1.165, 1.54) is 29.3 Å². The molecule has 0 fully saturated rings. The van der Waals surface area contributed by atoms with Crippen molar-refractivity contribution < 1.29 is 13.9 Å². The number of hydrogen-bond donors (Lipinski definition) is 0. The van der Waals surface area contributed by atoms with Crippen molar-refractivity contribution in [1.82, 2.24) is 4.90 Å². The SMILES string of the molecule is Cc1cc(C)cc(-c2ccc(OCCN(C)C)c(C(=O)C=Cc3ccc(F)cc3)c2)c1. The van der Waals surface area contributed by atoms with Crippen molar-refractivity contribution in [3.8, 4) is 16.9 Å². The molecule has 3 rings (SSSR count). The van der Waals surface area contributed by atoms with Crippen molar-refractivity contribution in [1.29, 1.82) is 0 Å². The first-order valence-electron chi connectivity index (χ1n) is 10.3. The summed E-state index contributed by atoms with van der Waals surface area (Å²) in [5, 5.41) is 0. The number of benzene rings is 3. The van der Waals surface area contributed by atoms with Gasteiger partial charge in [-0.1, -0.05) is 53.6 Å². The lowest BCUT2D eigenvalue weighted by molar-refractivity contribution is 0.104. The quantitative estimate of drug-likeness (QED) is 0.335. The highest BCUT2D eigenvalue weighted by atomic mass is 19.1. The average molecular weight is 418 g/mol. The number of carbonyl (C=O) groups excluding carboxylic acids is 1. The molecule has 0 radical (unpaired) electrons. The van der Waals surface area contributed by atoms with Crippen LogP contribution < -0.4 is 4.74 Å². The summed E-state index contributed by atoms with van der Waals surface area (Å²) in [5.41, 5.74) is 5.64. The van der Waals surface area contributed by atoms with Crippen LogP contribution in [0, 0.1) is 19.7 Å². The first-order valence-corrected chi connectivity index (χ1v) is 10.3. The molecule has 3 nitrogen and oxygen atoms in total. The van der Waals surface area contributed by atoms with Gasteiger partial charge in [-0.3, -0.25) is 4.79 Å². The molecule has 0 atom stereocenters. The number of allylic oxidation sites excluding steroid dienone is 1. The zero-order valence-corrected chi connectivity index (χ0v) is 18.5. The zero-order chi connectivity index (χ0) is 22.4. The molecule has 0 amide bonds. The summed E-state index contributed by atoms with van der Waals surface area (Å²) < 4.78 is 19.1. The van der Waals surface area contributed by atoms with E-state index in [9.17, 15) is 9.18 Å². The molecule has 0 aliphatic heterocycles. The van der Waals surface area contributed by atoms with Crippen molar-refractivity contribution in [2.75, 3.05) is 27.2 Å². The Morgan fingerprint density at radius 2 is 1.61 bits per heavy atom. The Morgan fingerprint density at radius 1 is 0.935 bits per heavy atom. The van der Waals surface area contributed by atoms with Crippen molar-refractivity contribution in [2.24, 2.45) is 0 Å². The fourth-order valence-corrected chi connectivity index (χ4v) is 3.34. The predicted molar refractivity (Wildman–Crippen MR) is 125 cm³/mol. The molecule has 4 heteroatoms. The van der Waals surface area contributed by atoms with E-state index >= 15 is 0 Å².